The van der Waals surface area contributed by atoms with E-state index in [1.54, 1.807) is 25.7 Å². The Bertz CT molecular complexity index is 263. The smallest absolute Gasteiger partial charge is 0.0347 e. The zero-order chi connectivity index (χ0) is 12.8. The Morgan fingerprint density at radius 1 is 0.667 bits per heavy atom. The molecule has 3 fully saturated rings. The van der Waals surface area contributed by atoms with Crippen molar-refractivity contribution < 1.29 is 0 Å². The van der Waals surface area contributed by atoms with Crippen LogP contribution < -0.4 is 0 Å². The molecule has 3 aliphatic rings. The monoisotopic (exact) mass is 248 g/mol. The molecule has 0 bridgehead atoms. The van der Waals surface area contributed by atoms with Gasteiger partial charge in [-0.25, -0.2) is 0 Å². The van der Waals surface area contributed by atoms with Gasteiger partial charge in [0.15, 0.2) is 0 Å². The first kappa shape index (κ1) is 13.0. The second-order valence-corrected chi connectivity index (χ2v) is 8.65. The molecule has 3 rings (SSSR count). The van der Waals surface area contributed by atoms with Crippen molar-refractivity contribution in [2.24, 2.45) is 35.0 Å². The summed E-state index contributed by atoms with van der Waals surface area (Å²) in [4.78, 5) is 0. The van der Waals surface area contributed by atoms with Crippen LogP contribution in [0.1, 0.15) is 78.6 Å². The lowest BCUT2D eigenvalue weighted by Gasteiger charge is -2.34. The van der Waals surface area contributed by atoms with Gasteiger partial charge in [-0.1, -0.05) is 46.5 Å². The summed E-state index contributed by atoms with van der Waals surface area (Å²) < 4.78 is 0. The van der Waals surface area contributed by atoms with Crippen molar-refractivity contribution in [3.05, 3.63) is 0 Å². The minimum absolute atomic E-state index is 0.541. The van der Waals surface area contributed by atoms with Crippen molar-refractivity contribution in [1.29, 1.82) is 0 Å². The number of hydrogen-bond donors (Lipinski definition) is 0. The summed E-state index contributed by atoms with van der Waals surface area (Å²) in [7, 11) is 0. The molecule has 0 spiro atoms. The molecule has 0 nitrogen and oxygen atoms in total. The van der Waals surface area contributed by atoms with E-state index in [4.69, 9.17) is 0 Å². The van der Waals surface area contributed by atoms with Crippen molar-refractivity contribution in [1.82, 2.24) is 0 Å². The van der Waals surface area contributed by atoms with Gasteiger partial charge in [-0.3, -0.25) is 0 Å². The van der Waals surface area contributed by atoms with Crippen LogP contribution in [0.15, 0.2) is 0 Å². The van der Waals surface area contributed by atoms with Crippen LogP contribution >= 0.6 is 0 Å². The van der Waals surface area contributed by atoms with E-state index in [1.807, 2.05) is 0 Å². The fourth-order valence-electron chi connectivity index (χ4n) is 5.83. The van der Waals surface area contributed by atoms with Crippen molar-refractivity contribution in [3.63, 3.8) is 0 Å². The lowest BCUT2D eigenvalue weighted by Crippen LogP contribution is -2.25. The van der Waals surface area contributed by atoms with Crippen LogP contribution in [0.4, 0.5) is 0 Å². The van der Waals surface area contributed by atoms with Crippen LogP contribution in [0, 0.1) is 35.0 Å². The summed E-state index contributed by atoms with van der Waals surface area (Å²) in [6.07, 6.45) is 13.9. The van der Waals surface area contributed by atoms with Crippen molar-refractivity contribution in [3.8, 4) is 0 Å². The fourth-order valence-corrected chi connectivity index (χ4v) is 5.83. The van der Waals surface area contributed by atoms with Crippen LogP contribution in [-0.4, -0.2) is 0 Å². The van der Waals surface area contributed by atoms with Gasteiger partial charge in [0, 0.05) is 0 Å². The molecule has 4 atom stereocenters. The van der Waals surface area contributed by atoms with Gasteiger partial charge in [0.05, 0.1) is 0 Å². The fraction of sp³-hybridized carbons (Fsp3) is 1.00. The third kappa shape index (κ3) is 2.37. The minimum atomic E-state index is 0.541. The largest absolute Gasteiger partial charge is 0.0602 e. The molecule has 18 heavy (non-hydrogen) atoms. The van der Waals surface area contributed by atoms with Crippen molar-refractivity contribution in [2.45, 2.75) is 78.6 Å². The summed E-state index contributed by atoms with van der Waals surface area (Å²) in [5, 5.41) is 0. The molecular weight excluding hydrogens is 216 g/mol. The SMILES string of the molecule is CC(C)(C)CC1C2CCCCC2C2CCCCC21. The Balaban J connectivity index is 1.81. The van der Waals surface area contributed by atoms with Crippen LogP contribution in [0.25, 0.3) is 0 Å². The Kier molecular flexibility index (Phi) is 3.49. The second kappa shape index (κ2) is 4.84. The van der Waals surface area contributed by atoms with E-state index < -0.39 is 0 Å². The molecule has 3 saturated carbocycles. The molecule has 3 aliphatic carbocycles. The van der Waals surface area contributed by atoms with Gasteiger partial charge in [0.1, 0.15) is 0 Å². The molecule has 0 aromatic carbocycles. The first-order chi connectivity index (χ1) is 8.56. The first-order valence-electron chi connectivity index (χ1n) is 8.56. The lowest BCUT2D eigenvalue weighted by molar-refractivity contribution is 0.157. The van der Waals surface area contributed by atoms with E-state index in [1.165, 1.54) is 32.1 Å². The van der Waals surface area contributed by atoms with Crippen LogP contribution in [0.3, 0.4) is 0 Å². The predicted molar refractivity (Wildman–Crippen MR) is 78.5 cm³/mol. The van der Waals surface area contributed by atoms with Crippen LogP contribution in [0.5, 0.6) is 0 Å². The van der Waals surface area contributed by atoms with Gasteiger partial charge in [0.2, 0.25) is 0 Å². The number of hydrogen-bond acceptors (Lipinski definition) is 0. The third-order valence-corrected chi connectivity index (χ3v) is 6.25. The molecule has 0 N–H and O–H groups in total. The highest BCUT2D eigenvalue weighted by atomic mass is 14.6. The van der Waals surface area contributed by atoms with E-state index in [2.05, 4.69) is 20.8 Å². The Hall–Kier alpha value is 0. The molecule has 0 aromatic rings. The van der Waals surface area contributed by atoms with Gasteiger partial charge in [-0.2, -0.15) is 0 Å². The Labute approximate surface area is 114 Å². The van der Waals surface area contributed by atoms with Gasteiger partial charge in [0.25, 0.3) is 0 Å². The molecule has 0 amide bonds. The first-order valence-corrected chi connectivity index (χ1v) is 8.56. The molecule has 4 unspecified atom stereocenters. The quantitative estimate of drug-likeness (QED) is 0.561. The highest BCUT2D eigenvalue weighted by Crippen LogP contribution is 2.59. The van der Waals surface area contributed by atoms with Crippen LogP contribution in [0.2, 0.25) is 0 Å². The highest BCUT2D eigenvalue weighted by Gasteiger charge is 2.51. The van der Waals surface area contributed by atoms with E-state index >= 15 is 0 Å². The van der Waals surface area contributed by atoms with Crippen LogP contribution in [-0.2, 0) is 0 Å². The molecule has 0 radical (unpaired) electrons. The van der Waals surface area contributed by atoms with Gasteiger partial charge in [-0.05, 0) is 67.1 Å². The number of fused-ring (bicyclic) bond motifs is 3. The van der Waals surface area contributed by atoms with Gasteiger partial charge < -0.3 is 0 Å². The average Bonchev–Trinajstić information content (AvgIpc) is 2.64. The maximum absolute atomic E-state index is 2.46. The summed E-state index contributed by atoms with van der Waals surface area (Å²) in [5.74, 6) is 5.59. The highest BCUT2D eigenvalue weighted by molar-refractivity contribution is 5.00. The van der Waals surface area contributed by atoms with E-state index in [-0.39, 0.29) is 0 Å². The minimum Gasteiger partial charge on any atom is -0.0602 e. The molecule has 104 valence electrons. The molecular formula is C18H32. The standard InChI is InChI=1S/C18H32/c1-18(2,3)12-17-15-10-6-4-8-13(15)14-9-5-7-11-16(14)17/h13-17H,4-12H2,1-3H3. The summed E-state index contributed by atoms with van der Waals surface area (Å²) in [6.45, 7) is 7.38. The van der Waals surface area contributed by atoms with Gasteiger partial charge in [-0.15, -0.1) is 0 Å². The molecule has 0 aliphatic heterocycles. The summed E-state index contributed by atoms with van der Waals surface area (Å²) in [6, 6.07) is 0. The topological polar surface area (TPSA) is 0 Å². The normalized spacial score (nSPS) is 44.5. The zero-order valence-electron chi connectivity index (χ0n) is 12.8. The van der Waals surface area contributed by atoms with E-state index in [9.17, 15) is 0 Å². The summed E-state index contributed by atoms with van der Waals surface area (Å²) in [5.41, 5.74) is 0.541. The maximum atomic E-state index is 2.46. The molecule has 0 aromatic heterocycles. The Morgan fingerprint density at radius 3 is 1.44 bits per heavy atom. The average molecular weight is 248 g/mol. The molecule has 0 saturated heterocycles. The van der Waals surface area contributed by atoms with E-state index in [0.717, 1.165) is 29.6 Å². The predicted octanol–water partition coefficient (Wildman–Crippen LogP) is 5.67. The lowest BCUT2D eigenvalue weighted by atomic mass is 9.71. The summed E-state index contributed by atoms with van der Waals surface area (Å²) >= 11 is 0. The van der Waals surface area contributed by atoms with Crippen molar-refractivity contribution in [2.75, 3.05) is 0 Å². The molecule has 0 heterocycles. The third-order valence-electron chi connectivity index (χ3n) is 6.25. The zero-order valence-corrected chi connectivity index (χ0v) is 12.8. The Morgan fingerprint density at radius 2 is 1.06 bits per heavy atom. The van der Waals surface area contributed by atoms with E-state index in [0.29, 0.717) is 5.41 Å². The molecule has 0 heteroatoms. The van der Waals surface area contributed by atoms with Crippen molar-refractivity contribution >= 4 is 0 Å². The number of rotatable bonds is 1. The second-order valence-electron chi connectivity index (χ2n) is 8.65. The maximum Gasteiger partial charge on any atom is -0.0347 e. The van der Waals surface area contributed by atoms with Gasteiger partial charge >= 0.3 is 0 Å².